The molecule has 0 radical (unpaired) electrons. The molecule has 1 aliphatic rings. The molecule has 0 aromatic heterocycles. The lowest BCUT2D eigenvalue weighted by Crippen LogP contribution is -2.29. The monoisotopic (exact) mass is 274 g/mol. The minimum Gasteiger partial charge on any atom is -0.320 e. The molecule has 0 aliphatic heterocycles. The summed E-state index contributed by atoms with van der Waals surface area (Å²) in [6.07, 6.45) is 2.55. The van der Waals surface area contributed by atoms with Crippen LogP contribution in [-0.2, 0) is 6.54 Å². The van der Waals surface area contributed by atoms with Crippen LogP contribution in [0.25, 0.3) is 0 Å². The summed E-state index contributed by atoms with van der Waals surface area (Å²) in [5.41, 5.74) is 7.28. The second-order valence-corrected chi connectivity index (χ2v) is 5.86. The Morgan fingerprint density at radius 2 is 2.15 bits per heavy atom. The number of nitrogens with zero attached hydrogens (tertiary/aromatic N) is 1. The quantitative estimate of drug-likeness (QED) is 0.837. The summed E-state index contributed by atoms with van der Waals surface area (Å²) in [5.74, 6) is 6.21. The van der Waals surface area contributed by atoms with E-state index < -0.39 is 0 Å². The maximum Gasteiger partial charge on any atom is 0.124 e. The molecule has 1 fully saturated rings. The van der Waals surface area contributed by atoms with E-state index in [1.807, 2.05) is 6.07 Å². The topological polar surface area (TPSA) is 29.3 Å². The van der Waals surface area contributed by atoms with Crippen molar-refractivity contribution >= 4 is 0 Å². The van der Waals surface area contributed by atoms with Crippen LogP contribution >= 0.6 is 0 Å². The summed E-state index contributed by atoms with van der Waals surface area (Å²) in [7, 11) is 0. The highest BCUT2D eigenvalue weighted by molar-refractivity contribution is 5.42. The summed E-state index contributed by atoms with van der Waals surface area (Å²) < 4.78 is 13.4. The fourth-order valence-electron chi connectivity index (χ4n) is 2.42. The van der Waals surface area contributed by atoms with Crippen LogP contribution in [0.15, 0.2) is 18.2 Å². The van der Waals surface area contributed by atoms with E-state index in [1.54, 1.807) is 0 Å². The second-order valence-electron chi connectivity index (χ2n) is 5.86. The van der Waals surface area contributed by atoms with E-state index in [1.165, 1.54) is 25.0 Å². The summed E-state index contributed by atoms with van der Waals surface area (Å²) >= 11 is 0. The molecule has 0 unspecified atom stereocenters. The van der Waals surface area contributed by atoms with Gasteiger partial charge in [-0.2, -0.15) is 0 Å². The Hall–Kier alpha value is -1.37. The zero-order chi connectivity index (χ0) is 14.5. The van der Waals surface area contributed by atoms with Crippen molar-refractivity contribution < 1.29 is 4.39 Å². The minimum absolute atomic E-state index is 0.239. The molecule has 108 valence electrons. The van der Waals surface area contributed by atoms with Gasteiger partial charge in [0.2, 0.25) is 0 Å². The average molecular weight is 274 g/mol. The van der Waals surface area contributed by atoms with E-state index in [0.29, 0.717) is 18.5 Å². The molecule has 0 bridgehead atoms. The molecular weight excluding hydrogens is 251 g/mol. The molecule has 1 aromatic rings. The first-order valence-corrected chi connectivity index (χ1v) is 7.31. The van der Waals surface area contributed by atoms with Gasteiger partial charge in [-0.15, -0.1) is 0 Å². The molecule has 0 spiro atoms. The van der Waals surface area contributed by atoms with Crippen molar-refractivity contribution in [1.29, 1.82) is 0 Å². The summed E-state index contributed by atoms with van der Waals surface area (Å²) in [4.78, 5) is 2.49. The first kappa shape index (κ1) is 15.0. The average Bonchev–Trinajstić information content (AvgIpc) is 3.21. The molecule has 1 saturated carbocycles. The Morgan fingerprint density at radius 3 is 2.75 bits per heavy atom. The highest BCUT2D eigenvalue weighted by Gasteiger charge is 2.29. The highest BCUT2D eigenvalue weighted by atomic mass is 19.1. The van der Waals surface area contributed by atoms with E-state index in [-0.39, 0.29) is 5.82 Å². The van der Waals surface area contributed by atoms with Crippen LogP contribution in [-0.4, -0.2) is 24.0 Å². The predicted octanol–water partition coefficient (Wildman–Crippen LogP) is 2.76. The fourth-order valence-corrected chi connectivity index (χ4v) is 2.42. The fraction of sp³-hybridized carbons (Fsp3) is 0.529. The van der Waals surface area contributed by atoms with Gasteiger partial charge in [-0.1, -0.05) is 31.8 Å². The number of nitrogens with two attached hydrogens (primary N) is 1. The minimum atomic E-state index is -0.239. The van der Waals surface area contributed by atoms with Crippen molar-refractivity contribution in [2.75, 3.05) is 13.1 Å². The maximum absolute atomic E-state index is 13.4. The largest absolute Gasteiger partial charge is 0.320 e. The molecule has 3 heteroatoms. The standard InChI is InChI=1S/C17H23FN2/c1-13(2)11-20(17-7-8-17)12-15-5-6-16(18)10-14(15)4-3-9-19/h5-6,10,13,17H,7-9,11-12,19H2,1-2H3. The third-order valence-corrected chi connectivity index (χ3v) is 3.43. The smallest absolute Gasteiger partial charge is 0.124 e. The Bertz CT molecular complexity index is 509. The molecule has 20 heavy (non-hydrogen) atoms. The summed E-state index contributed by atoms with van der Waals surface area (Å²) in [5, 5.41) is 0. The van der Waals surface area contributed by atoms with E-state index in [4.69, 9.17) is 5.73 Å². The van der Waals surface area contributed by atoms with Gasteiger partial charge in [0.1, 0.15) is 5.82 Å². The summed E-state index contributed by atoms with van der Waals surface area (Å²) in [6.45, 7) is 6.68. The number of hydrogen-bond donors (Lipinski definition) is 1. The SMILES string of the molecule is CC(C)CN(Cc1ccc(F)cc1C#CCN)C1CC1. The molecular formula is C17H23FN2. The van der Waals surface area contributed by atoms with Crippen molar-refractivity contribution in [3.05, 3.63) is 35.1 Å². The highest BCUT2D eigenvalue weighted by Crippen LogP contribution is 2.29. The van der Waals surface area contributed by atoms with Gasteiger partial charge in [-0.25, -0.2) is 4.39 Å². The molecule has 0 saturated heterocycles. The predicted molar refractivity (Wildman–Crippen MR) is 80.6 cm³/mol. The van der Waals surface area contributed by atoms with Crippen LogP contribution in [0.5, 0.6) is 0 Å². The number of benzene rings is 1. The normalized spacial score (nSPS) is 14.5. The third-order valence-electron chi connectivity index (χ3n) is 3.43. The number of halogens is 1. The lowest BCUT2D eigenvalue weighted by Gasteiger charge is -2.24. The van der Waals surface area contributed by atoms with E-state index >= 15 is 0 Å². The van der Waals surface area contributed by atoms with Gasteiger partial charge in [0.25, 0.3) is 0 Å². The molecule has 0 atom stereocenters. The lowest BCUT2D eigenvalue weighted by molar-refractivity contribution is 0.226. The van der Waals surface area contributed by atoms with Crippen molar-refractivity contribution in [2.24, 2.45) is 11.7 Å². The van der Waals surface area contributed by atoms with E-state index in [9.17, 15) is 4.39 Å². The first-order chi connectivity index (χ1) is 9.60. The Kier molecular flexibility index (Phi) is 5.17. The molecule has 2 rings (SSSR count). The molecule has 0 amide bonds. The maximum atomic E-state index is 13.4. The number of hydrogen-bond acceptors (Lipinski definition) is 2. The van der Waals surface area contributed by atoms with Gasteiger partial charge < -0.3 is 5.73 Å². The van der Waals surface area contributed by atoms with Crippen molar-refractivity contribution in [2.45, 2.75) is 39.3 Å². The molecule has 0 heterocycles. The molecule has 1 aliphatic carbocycles. The van der Waals surface area contributed by atoms with Crippen molar-refractivity contribution in [3.8, 4) is 11.8 Å². The van der Waals surface area contributed by atoms with Crippen LogP contribution in [0.2, 0.25) is 0 Å². The number of rotatable bonds is 5. The third kappa shape index (κ3) is 4.33. The van der Waals surface area contributed by atoms with E-state index in [2.05, 4.69) is 30.6 Å². The molecule has 2 N–H and O–H groups in total. The van der Waals surface area contributed by atoms with Gasteiger partial charge >= 0.3 is 0 Å². The van der Waals surface area contributed by atoms with Gasteiger partial charge in [-0.3, -0.25) is 4.90 Å². The van der Waals surface area contributed by atoms with Crippen molar-refractivity contribution in [3.63, 3.8) is 0 Å². The van der Waals surface area contributed by atoms with Gasteiger partial charge in [0.15, 0.2) is 0 Å². The molecule has 2 nitrogen and oxygen atoms in total. The van der Waals surface area contributed by atoms with Crippen molar-refractivity contribution in [1.82, 2.24) is 4.90 Å². The van der Waals surface area contributed by atoms with Gasteiger partial charge in [0, 0.05) is 24.7 Å². The zero-order valence-corrected chi connectivity index (χ0v) is 12.3. The lowest BCUT2D eigenvalue weighted by atomic mass is 10.1. The van der Waals surface area contributed by atoms with E-state index in [0.717, 1.165) is 24.2 Å². The zero-order valence-electron chi connectivity index (χ0n) is 12.3. The van der Waals surface area contributed by atoms with Crippen LogP contribution in [0.3, 0.4) is 0 Å². The Balaban J connectivity index is 2.17. The van der Waals surface area contributed by atoms with Crippen LogP contribution in [0.4, 0.5) is 4.39 Å². The van der Waals surface area contributed by atoms with Crippen LogP contribution < -0.4 is 5.73 Å². The Labute approximate surface area is 121 Å². The first-order valence-electron chi connectivity index (χ1n) is 7.31. The second kappa shape index (κ2) is 6.88. The molecule has 1 aromatic carbocycles. The Morgan fingerprint density at radius 1 is 1.40 bits per heavy atom. The summed E-state index contributed by atoms with van der Waals surface area (Å²) in [6, 6.07) is 5.57. The van der Waals surface area contributed by atoms with Gasteiger partial charge in [0.05, 0.1) is 6.54 Å². The van der Waals surface area contributed by atoms with Crippen LogP contribution in [0.1, 0.15) is 37.8 Å². The van der Waals surface area contributed by atoms with Crippen LogP contribution in [0, 0.1) is 23.6 Å². The van der Waals surface area contributed by atoms with Gasteiger partial charge in [-0.05, 0) is 36.5 Å².